The molecule has 0 aromatic heterocycles. The molecule has 5 heteroatoms. The van der Waals surface area contributed by atoms with Crippen molar-refractivity contribution in [2.45, 2.75) is 12.5 Å². The molecule has 4 nitrogen and oxygen atoms in total. The summed E-state index contributed by atoms with van der Waals surface area (Å²) in [5.74, 6) is 0. The minimum atomic E-state index is -3.41. The molecule has 84 valence electrons. The highest BCUT2D eigenvalue weighted by Crippen LogP contribution is 2.15. The molecule has 15 heavy (non-hydrogen) atoms. The second-order valence-electron chi connectivity index (χ2n) is 3.24. The van der Waals surface area contributed by atoms with Gasteiger partial charge in [-0.1, -0.05) is 30.3 Å². The maximum Gasteiger partial charge on any atom is 0.264 e. The van der Waals surface area contributed by atoms with Gasteiger partial charge in [0.1, 0.15) is 0 Å². The van der Waals surface area contributed by atoms with Crippen molar-refractivity contribution in [3.05, 3.63) is 35.9 Å². The van der Waals surface area contributed by atoms with Crippen molar-refractivity contribution in [3.63, 3.8) is 0 Å². The van der Waals surface area contributed by atoms with Crippen molar-refractivity contribution >= 4 is 10.1 Å². The fraction of sp³-hybridized carbons (Fsp3) is 0.400. The zero-order valence-corrected chi connectivity index (χ0v) is 9.28. The van der Waals surface area contributed by atoms with Crippen LogP contribution in [-0.2, 0) is 14.3 Å². The summed E-state index contributed by atoms with van der Waals surface area (Å²) in [6.07, 6.45) is 0.562. The van der Waals surface area contributed by atoms with E-state index in [4.69, 9.17) is 0 Å². The Hall–Kier alpha value is -0.910. The summed E-state index contributed by atoms with van der Waals surface area (Å²) in [7, 11) is -3.41. The lowest BCUT2D eigenvalue weighted by atomic mass is 10.1. The SMILES string of the molecule is CS(=O)(=O)OCC[C@H](O)c1ccccc1. The Labute approximate surface area is 89.6 Å². The fourth-order valence-electron chi connectivity index (χ4n) is 1.15. The van der Waals surface area contributed by atoms with Gasteiger partial charge < -0.3 is 5.11 Å². The summed E-state index contributed by atoms with van der Waals surface area (Å²) in [4.78, 5) is 0. The van der Waals surface area contributed by atoms with Crippen LogP contribution < -0.4 is 0 Å². The molecule has 1 aromatic rings. The number of hydrogen-bond donors (Lipinski definition) is 1. The highest BCUT2D eigenvalue weighted by molar-refractivity contribution is 7.85. The van der Waals surface area contributed by atoms with Gasteiger partial charge in [-0.15, -0.1) is 0 Å². The zero-order chi connectivity index (χ0) is 11.3. The van der Waals surface area contributed by atoms with Crippen molar-refractivity contribution in [2.24, 2.45) is 0 Å². The van der Waals surface area contributed by atoms with Gasteiger partial charge in [0.25, 0.3) is 10.1 Å². The first kappa shape index (κ1) is 12.2. The van der Waals surface area contributed by atoms with Gasteiger partial charge in [0.15, 0.2) is 0 Å². The lowest BCUT2D eigenvalue weighted by molar-refractivity contribution is 0.143. The maximum absolute atomic E-state index is 10.6. The Morgan fingerprint density at radius 3 is 2.47 bits per heavy atom. The summed E-state index contributed by atoms with van der Waals surface area (Å²) < 4.78 is 25.8. The average Bonchev–Trinajstić information content (AvgIpc) is 2.17. The standard InChI is InChI=1S/C10H14O4S/c1-15(12,13)14-8-7-10(11)9-5-3-2-4-6-9/h2-6,10-11H,7-8H2,1H3/t10-/m0/s1. The van der Waals surface area contributed by atoms with Gasteiger partial charge in [-0.05, 0) is 5.56 Å². The molecule has 0 aliphatic heterocycles. The molecule has 0 bridgehead atoms. The second kappa shape index (κ2) is 5.25. The highest BCUT2D eigenvalue weighted by Gasteiger charge is 2.08. The van der Waals surface area contributed by atoms with E-state index in [1.807, 2.05) is 18.2 Å². The highest BCUT2D eigenvalue weighted by atomic mass is 32.2. The van der Waals surface area contributed by atoms with Crippen molar-refractivity contribution in [1.29, 1.82) is 0 Å². The molecule has 0 saturated carbocycles. The molecule has 1 aromatic carbocycles. The second-order valence-corrected chi connectivity index (χ2v) is 4.89. The van der Waals surface area contributed by atoms with Crippen molar-refractivity contribution in [3.8, 4) is 0 Å². The van der Waals surface area contributed by atoms with E-state index in [9.17, 15) is 13.5 Å². The Morgan fingerprint density at radius 1 is 1.33 bits per heavy atom. The Bertz CT molecular complexity index is 385. The Morgan fingerprint density at radius 2 is 1.93 bits per heavy atom. The molecule has 0 saturated heterocycles. The minimum Gasteiger partial charge on any atom is -0.388 e. The van der Waals surface area contributed by atoms with Crippen LogP contribution >= 0.6 is 0 Å². The van der Waals surface area contributed by atoms with E-state index < -0.39 is 16.2 Å². The zero-order valence-electron chi connectivity index (χ0n) is 8.46. The van der Waals surface area contributed by atoms with Gasteiger partial charge in [-0.25, -0.2) is 0 Å². The van der Waals surface area contributed by atoms with Crippen LogP contribution in [-0.4, -0.2) is 26.4 Å². The summed E-state index contributed by atoms with van der Waals surface area (Å²) in [5.41, 5.74) is 0.759. The quantitative estimate of drug-likeness (QED) is 0.769. The third-order valence-electron chi connectivity index (χ3n) is 1.87. The number of rotatable bonds is 5. The number of aliphatic hydroxyl groups excluding tert-OH is 1. The van der Waals surface area contributed by atoms with Crippen molar-refractivity contribution in [2.75, 3.05) is 12.9 Å². The molecule has 0 radical (unpaired) electrons. The topological polar surface area (TPSA) is 63.6 Å². The van der Waals surface area contributed by atoms with E-state index in [0.29, 0.717) is 0 Å². The van der Waals surface area contributed by atoms with Crippen LogP contribution in [0.4, 0.5) is 0 Å². The molecule has 0 amide bonds. The third-order valence-corrected chi connectivity index (χ3v) is 2.47. The van der Waals surface area contributed by atoms with E-state index in [-0.39, 0.29) is 13.0 Å². The van der Waals surface area contributed by atoms with Crippen LogP contribution in [0.2, 0.25) is 0 Å². The first-order valence-electron chi connectivity index (χ1n) is 4.56. The average molecular weight is 230 g/mol. The van der Waals surface area contributed by atoms with E-state index in [1.54, 1.807) is 12.1 Å². The predicted molar refractivity (Wildman–Crippen MR) is 56.8 cm³/mol. The van der Waals surface area contributed by atoms with Crippen LogP contribution in [0.3, 0.4) is 0 Å². The molecule has 0 fully saturated rings. The summed E-state index contributed by atoms with van der Waals surface area (Å²) in [6.45, 7) is -0.00507. The maximum atomic E-state index is 10.6. The van der Waals surface area contributed by atoms with E-state index in [2.05, 4.69) is 4.18 Å². The Kier molecular flexibility index (Phi) is 4.26. The van der Waals surface area contributed by atoms with Crippen molar-refractivity contribution in [1.82, 2.24) is 0 Å². The van der Waals surface area contributed by atoms with E-state index in [0.717, 1.165) is 11.8 Å². The minimum absolute atomic E-state index is 0.00507. The van der Waals surface area contributed by atoms with Gasteiger partial charge in [0.2, 0.25) is 0 Å². The molecule has 1 N–H and O–H groups in total. The van der Waals surface area contributed by atoms with Crippen LogP contribution in [0.1, 0.15) is 18.1 Å². The fourth-order valence-corrected chi connectivity index (χ4v) is 1.55. The number of hydrogen-bond acceptors (Lipinski definition) is 4. The van der Waals surface area contributed by atoms with Gasteiger partial charge in [-0.2, -0.15) is 8.42 Å². The van der Waals surface area contributed by atoms with Gasteiger partial charge >= 0.3 is 0 Å². The molecule has 0 unspecified atom stereocenters. The van der Waals surface area contributed by atoms with Crippen LogP contribution in [0, 0.1) is 0 Å². The van der Waals surface area contributed by atoms with Crippen LogP contribution in [0.25, 0.3) is 0 Å². The molecule has 1 atom stereocenters. The van der Waals surface area contributed by atoms with Crippen molar-refractivity contribution < 1.29 is 17.7 Å². The summed E-state index contributed by atoms with van der Waals surface area (Å²) in [6, 6.07) is 9.05. The summed E-state index contributed by atoms with van der Waals surface area (Å²) in [5, 5.41) is 9.64. The predicted octanol–water partition coefficient (Wildman–Crippen LogP) is 1.09. The third kappa shape index (κ3) is 4.92. The van der Waals surface area contributed by atoms with E-state index in [1.165, 1.54) is 0 Å². The molecule has 0 aliphatic carbocycles. The lowest BCUT2D eigenvalue weighted by Gasteiger charge is -2.09. The molecule has 0 aliphatic rings. The smallest absolute Gasteiger partial charge is 0.264 e. The van der Waals surface area contributed by atoms with E-state index >= 15 is 0 Å². The van der Waals surface area contributed by atoms with Gasteiger partial charge in [0.05, 0.1) is 19.0 Å². The largest absolute Gasteiger partial charge is 0.388 e. The summed E-state index contributed by atoms with van der Waals surface area (Å²) >= 11 is 0. The monoisotopic (exact) mass is 230 g/mol. The molecular formula is C10H14O4S. The Balaban J connectivity index is 2.41. The number of benzene rings is 1. The van der Waals surface area contributed by atoms with Crippen LogP contribution in [0.5, 0.6) is 0 Å². The van der Waals surface area contributed by atoms with Gasteiger partial charge in [0, 0.05) is 6.42 Å². The first-order valence-corrected chi connectivity index (χ1v) is 6.38. The number of aliphatic hydroxyl groups is 1. The van der Waals surface area contributed by atoms with Gasteiger partial charge in [-0.3, -0.25) is 4.18 Å². The normalized spacial score (nSPS) is 13.7. The lowest BCUT2D eigenvalue weighted by Crippen LogP contribution is -2.08. The molecule has 0 spiro atoms. The molecule has 1 rings (SSSR count). The van der Waals surface area contributed by atoms with Crippen LogP contribution in [0.15, 0.2) is 30.3 Å². The molecule has 0 heterocycles. The molecular weight excluding hydrogens is 216 g/mol. The first-order chi connectivity index (χ1) is 6.99.